The van der Waals surface area contributed by atoms with Crippen LogP contribution in [0.1, 0.15) is 69.3 Å². The van der Waals surface area contributed by atoms with Gasteiger partial charge in [0.05, 0.1) is 30.6 Å². The van der Waals surface area contributed by atoms with Crippen molar-refractivity contribution in [3.8, 4) is 11.6 Å². The van der Waals surface area contributed by atoms with Gasteiger partial charge in [0.1, 0.15) is 29.5 Å². The lowest BCUT2D eigenvalue weighted by atomic mass is 9.94. The number of pyridine rings is 1. The number of fused-ring (bicyclic) bond motifs is 1. The average molecular weight is 971 g/mol. The SMILES string of the molecule is COc1cnc(O[C@@H]2C[C@@H](C(=O)N[C@]3(C(=O)NS(=O)(=O)C4CC4)C[C@H]3I)N(C(=O)[C@@H](Nc3cccc(C(=O)NC(C)(C)c4ccccc4)c3)C(C)C)C2)c2cc(Cl)ccc12. The van der Waals surface area contributed by atoms with Gasteiger partial charge in [0.15, 0.2) is 0 Å². The van der Waals surface area contributed by atoms with Crippen LogP contribution in [0.2, 0.25) is 5.02 Å². The summed E-state index contributed by atoms with van der Waals surface area (Å²) < 4.78 is 39.3. The minimum atomic E-state index is -3.88. The lowest BCUT2D eigenvalue weighted by molar-refractivity contribution is -0.140. The topological polar surface area (TPSA) is 185 Å². The molecule has 3 aromatic carbocycles. The molecule has 1 aliphatic heterocycles. The summed E-state index contributed by atoms with van der Waals surface area (Å²) >= 11 is 8.40. The summed E-state index contributed by atoms with van der Waals surface area (Å²) in [5.74, 6) is -1.69. The van der Waals surface area contributed by atoms with Crippen LogP contribution in [0.4, 0.5) is 5.69 Å². The summed E-state index contributed by atoms with van der Waals surface area (Å²) in [4.78, 5) is 62.2. The maximum absolute atomic E-state index is 14.8. The van der Waals surface area contributed by atoms with E-state index in [0.29, 0.717) is 45.6 Å². The van der Waals surface area contributed by atoms with Crippen molar-refractivity contribution in [1.82, 2.24) is 25.2 Å². The van der Waals surface area contributed by atoms with E-state index < -0.39 is 62.3 Å². The van der Waals surface area contributed by atoms with Gasteiger partial charge < -0.3 is 30.3 Å². The molecule has 4 N–H and O–H groups in total. The Bertz CT molecular complexity index is 2430. The van der Waals surface area contributed by atoms with E-state index in [0.717, 1.165) is 5.56 Å². The monoisotopic (exact) mass is 970 g/mol. The predicted molar refractivity (Wildman–Crippen MR) is 237 cm³/mol. The van der Waals surface area contributed by atoms with Gasteiger partial charge in [-0.3, -0.25) is 23.9 Å². The fourth-order valence-corrected chi connectivity index (χ4v) is 10.2. The number of amides is 4. The van der Waals surface area contributed by atoms with Gasteiger partial charge in [-0.15, -0.1) is 0 Å². The number of carbonyl (C=O) groups is 4. The molecule has 3 aliphatic rings. The largest absolute Gasteiger partial charge is 0.494 e. The van der Waals surface area contributed by atoms with Gasteiger partial charge in [0, 0.05) is 37.4 Å². The van der Waals surface area contributed by atoms with Crippen LogP contribution in [-0.4, -0.2) is 88.5 Å². The van der Waals surface area contributed by atoms with Crippen LogP contribution in [0, 0.1) is 5.92 Å². The standard InChI is InChI=1S/C43H48ClIN6O8S/c1-24(2)36(47-28-13-9-10-25(18-28)37(52)48-42(3,4)26-11-7-6-8-12-26)40(54)51-23-29(59-39-32-19-27(44)14-17-31(32)34(58-5)22-46-39)20-33(51)38(53)49-43(21-35(43)45)41(55)50-60(56,57)30-15-16-30/h6-14,17-19,22,24,29-30,33,35-36,47H,15-16,20-21,23H2,1-5H3,(H,48,52)(H,49,53)(H,50,55)/t29-,33+,35-,36+,43-/m1/s1. The summed E-state index contributed by atoms with van der Waals surface area (Å²) in [6.07, 6.45) is 1.99. The molecule has 1 saturated heterocycles. The number of anilines is 1. The number of carbonyl (C=O) groups excluding carboxylic acids is 4. The summed E-state index contributed by atoms with van der Waals surface area (Å²) in [5, 5.41) is 10.4. The summed E-state index contributed by atoms with van der Waals surface area (Å²) in [6.45, 7) is 7.57. The number of nitrogens with zero attached hydrogens (tertiary/aromatic N) is 2. The fraction of sp³-hybridized carbons (Fsp3) is 0.419. The van der Waals surface area contributed by atoms with Gasteiger partial charge >= 0.3 is 0 Å². The maximum atomic E-state index is 14.8. The molecule has 0 radical (unpaired) electrons. The van der Waals surface area contributed by atoms with Gasteiger partial charge in [-0.1, -0.05) is 84.4 Å². The second kappa shape index (κ2) is 17.0. The molecule has 4 amide bonds. The van der Waals surface area contributed by atoms with Crippen LogP contribution in [0.15, 0.2) is 79.0 Å². The third-order valence-electron chi connectivity index (χ3n) is 11.2. The number of hydrogen-bond donors (Lipinski definition) is 4. The second-order valence-corrected chi connectivity index (χ2v) is 20.4. The van der Waals surface area contributed by atoms with E-state index in [1.807, 2.05) is 80.6 Å². The molecule has 5 atom stereocenters. The van der Waals surface area contributed by atoms with E-state index in [9.17, 15) is 27.6 Å². The predicted octanol–water partition coefficient (Wildman–Crippen LogP) is 5.72. The van der Waals surface area contributed by atoms with Crippen molar-refractivity contribution in [2.24, 2.45) is 5.92 Å². The van der Waals surface area contributed by atoms with Crippen molar-refractivity contribution in [1.29, 1.82) is 0 Å². The molecule has 3 fully saturated rings. The zero-order valence-electron chi connectivity index (χ0n) is 33.8. The Morgan fingerprint density at radius 1 is 1.00 bits per heavy atom. The Kier molecular flexibility index (Phi) is 12.3. The quantitative estimate of drug-likeness (QED) is 0.0850. The average Bonchev–Trinajstić information content (AvgIpc) is 4.14. The number of likely N-dealkylation sites (tertiary alicyclic amines) is 1. The number of methoxy groups -OCH3 is 1. The number of rotatable bonds is 15. The molecule has 7 rings (SSSR count). The first-order valence-corrected chi connectivity index (χ1v) is 23.0. The molecule has 0 spiro atoms. The van der Waals surface area contributed by atoms with Crippen LogP contribution in [0.3, 0.4) is 0 Å². The van der Waals surface area contributed by atoms with Gasteiger partial charge in [-0.2, -0.15) is 0 Å². The molecule has 2 aliphatic carbocycles. The number of ether oxygens (including phenoxy) is 2. The van der Waals surface area contributed by atoms with E-state index >= 15 is 0 Å². The van der Waals surface area contributed by atoms with E-state index in [1.165, 1.54) is 18.2 Å². The summed E-state index contributed by atoms with van der Waals surface area (Å²) in [7, 11) is -2.35. The van der Waals surface area contributed by atoms with Gasteiger partial charge in [0.2, 0.25) is 27.7 Å². The number of halogens is 2. The summed E-state index contributed by atoms with van der Waals surface area (Å²) in [6, 6.07) is 19.7. The first kappa shape index (κ1) is 43.4. The van der Waals surface area contributed by atoms with Crippen LogP contribution >= 0.6 is 34.2 Å². The van der Waals surface area contributed by atoms with E-state index in [1.54, 1.807) is 42.5 Å². The molecular weight excluding hydrogens is 923 g/mol. The lowest BCUT2D eigenvalue weighted by Crippen LogP contribution is -2.58. The third kappa shape index (κ3) is 9.15. The highest BCUT2D eigenvalue weighted by Crippen LogP contribution is 2.44. The van der Waals surface area contributed by atoms with Gasteiger partial charge in [-0.05, 0) is 81.0 Å². The number of aromatic nitrogens is 1. The molecule has 318 valence electrons. The van der Waals surface area contributed by atoms with E-state index in [4.69, 9.17) is 21.1 Å². The van der Waals surface area contributed by atoms with Crippen molar-refractivity contribution >= 4 is 84.3 Å². The molecular formula is C43H48ClIN6O8S. The zero-order valence-corrected chi connectivity index (χ0v) is 37.6. The highest BCUT2D eigenvalue weighted by molar-refractivity contribution is 14.1. The smallest absolute Gasteiger partial charge is 0.260 e. The normalized spacial score (nSPS) is 21.9. The number of alkyl halides is 1. The highest BCUT2D eigenvalue weighted by Gasteiger charge is 2.62. The number of nitrogens with one attached hydrogen (secondary N) is 4. The molecule has 2 heterocycles. The Labute approximate surface area is 368 Å². The molecule has 14 nitrogen and oxygen atoms in total. The van der Waals surface area contributed by atoms with Crippen LogP contribution in [0.5, 0.6) is 11.6 Å². The van der Waals surface area contributed by atoms with E-state index in [-0.39, 0.29) is 41.0 Å². The van der Waals surface area contributed by atoms with Crippen molar-refractivity contribution < 1.29 is 37.1 Å². The van der Waals surface area contributed by atoms with Gasteiger partial charge in [0.25, 0.3) is 11.8 Å². The first-order valence-electron chi connectivity index (χ1n) is 19.8. The van der Waals surface area contributed by atoms with Crippen molar-refractivity contribution in [3.05, 3.63) is 95.1 Å². The van der Waals surface area contributed by atoms with Crippen molar-refractivity contribution in [2.45, 2.75) is 91.8 Å². The molecule has 17 heteroatoms. The van der Waals surface area contributed by atoms with Crippen LogP contribution < -0.4 is 30.1 Å². The fourth-order valence-electron chi connectivity index (χ4n) is 7.49. The number of benzene rings is 3. The molecule has 4 aromatic rings. The van der Waals surface area contributed by atoms with Gasteiger partial charge in [-0.25, -0.2) is 13.4 Å². The van der Waals surface area contributed by atoms with Crippen LogP contribution in [-0.2, 0) is 29.9 Å². The maximum Gasteiger partial charge on any atom is 0.260 e. The minimum absolute atomic E-state index is 0.0163. The Balaban J connectivity index is 1.15. The van der Waals surface area contributed by atoms with E-state index in [2.05, 4.69) is 25.7 Å². The number of hydrogen-bond acceptors (Lipinski definition) is 10. The Hall–Kier alpha value is -4.68. The number of sulfonamides is 1. The zero-order chi connectivity index (χ0) is 43.1. The van der Waals surface area contributed by atoms with Crippen molar-refractivity contribution in [3.63, 3.8) is 0 Å². The third-order valence-corrected chi connectivity index (χ3v) is 14.8. The van der Waals surface area contributed by atoms with Crippen LogP contribution in [0.25, 0.3) is 10.8 Å². The molecule has 60 heavy (non-hydrogen) atoms. The lowest BCUT2D eigenvalue weighted by Gasteiger charge is -2.32. The Morgan fingerprint density at radius 2 is 1.72 bits per heavy atom. The minimum Gasteiger partial charge on any atom is -0.494 e. The molecule has 0 bridgehead atoms. The highest BCUT2D eigenvalue weighted by atomic mass is 127. The molecule has 2 saturated carbocycles. The molecule has 1 aromatic heterocycles. The summed E-state index contributed by atoms with van der Waals surface area (Å²) in [5.41, 5.74) is -0.289. The second-order valence-electron chi connectivity index (χ2n) is 16.5. The van der Waals surface area contributed by atoms with Crippen molar-refractivity contribution in [2.75, 3.05) is 19.0 Å². The Morgan fingerprint density at radius 3 is 2.37 bits per heavy atom. The first-order chi connectivity index (χ1) is 28.4. The molecule has 0 unspecified atom stereocenters.